The van der Waals surface area contributed by atoms with Crippen molar-refractivity contribution in [3.05, 3.63) is 48.6 Å². The fraction of sp³-hybridized carbons (Fsp3) is 0.808. The lowest BCUT2D eigenvalue weighted by Crippen LogP contribution is -2.59. The second-order valence-corrected chi connectivity index (χ2v) is 17.2. The smallest absolute Gasteiger partial charge is 0.306 e. The first-order valence-corrected chi connectivity index (χ1v) is 25.2. The van der Waals surface area contributed by atoms with Crippen LogP contribution in [0.5, 0.6) is 0 Å². The average Bonchev–Trinajstić information content (AvgIpc) is 3.27. The predicted octanol–water partition coefficient (Wildman–Crippen LogP) is 11.6. The molecule has 0 spiro atoms. The van der Waals surface area contributed by atoms with Crippen LogP contribution in [0.25, 0.3) is 0 Å². The van der Waals surface area contributed by atoms with Crippen molar-refractivity contribution < 1.29 is 49.0 Å². The molecule has 6 unspecified atom stereocenters. The van der Waals surface area contributed by atoms with Crippen LogP contribution >= 0.6 is 0 Å². The van der Waals surface area contributed by atoms with Crippen molar-refractivity contribution in [3.63, 3.8) is 0 Å². The maximum atomic E-state index is 12.7. The van der Waals surface area contributed by atoms with Gasteiger partial charge in [0, 0.05) is 12.8 Å². The van der Waals surface area contributed by atoms with Crippen LogP contribution in [-0.4, -0.2) is 89.0 Å². The number of aliphatic hydroxyl groups is 4. The number of rotatable bonds is 42. The van der Waals surface area contributed by atoms with Gasteiger partial charge in [0.05, 0.1) is 13.2 Å². The number of esters is 2. The van der Waals surface area contributed by atoms with Crippen LogP contribution in [0.4, 0.5) is 0 Å². The van der Waals surface area contributed by atoms with Crippen molar-refractivity contribution >= 4 is 11.9 Å². The highest BCUT2D eigenvalue weighted by molar-refractivity contribution is 5.70. The van der Waals surface area contributed by atoms with Gasteiger partial charge in [-0.25, -0.2) is 0 Å². The molecule has 1 fully saturated rings. The van der Waals surface area contributed by atoms with Gasteiger partial charge in [0.25, 0.3) is 0 Å². The fourth-order valence-corrected chi connectivity index (χ4v) is 7.56. The number of carbonyl (C=O) groups excluding carboxylic acids is 2. The van der Waals surface area contributed by atoms with E-state index in [2.05, 4.69) is 50.3 Å². The molecule has 0 radical (unpaired) electrons. The molecule has 1 aliphatic rings. The molecule has 62 heavy (non-hydrogen) atoms. The standard InChI is InChI=1S/C52H92O10/c1-3-5-7-9-11-13-15-17-18-19-20-21-22-23-24-25-26-27-29-30-32-34-36-38-40-47(54)59-43-45(44-60-52-51(58)50(57)49(56)46(42-53)62-52)61-48(55)41-39-37-35-33-31-28-16-14-12-10-8-6-4-2/h6,8,12,14,28,31,35,37,45-46,49-53,56-58H,3-5,7,9-11,13,15-27,29-30,32-34,36,38-44H2,1-2H3/b8-6-,14-12-,31-28-,37-35-. The molecule has 1 saturated heterocycles. The van der Waals surface area contributed by atoms with Crippen LogP contribution in [0, 0.1) is 0 Å². The van der Waals surface area contributed by atoms with Crippen LogP contribution in [0.2, 0.25) is 0 Å². The van der Waals surface area contributed by atoms with E-state index in [9.17, 15) is 30.0 Å². The molecule has 10 nitrogen and oxygen atoms in total. The zero-order valence-corrected chi connectivity index (χ0v) is 39.4. The summed E-state index contributed by atoms with van der Waals surface area (Å²) in [6.07, 6.45) is 44.4. The minimum Gasteiger partial charge on any atom is -0.462 e. The van der Waals surface area contributed by atoms with Crippen LogP contribution < -0.4 is 0 Å². The molecule has 0 aromatic rings. The molecule has 4 N–H and O–H groups in total. The number of ether oxygens (including phenoxy) is 4. The molecule has 0 bridgehead atoms. The Labute approximate surface area is 378 Å². The molecule has 1 aliphatic heterocycles. The monoisotopic (exact) mass is 877 g/mol. The predicted molar refractivity (Wildman–Crippen MR) is 252 cm³/mol. The second kappa shape index (κ2) is 42.6. The summed E-state index contributed by atoms with van der Waals surface area (Å²) in [5.41, 5.74) is 0. The third kappa shape index (κ3) is 33.2. The molecule has 360 valence electrons. The Bertz CT molecular complexity index is 1150. The summed E-state index contributed by atoms with van der Waals surface area (Å²) in [7, 11) is 0. The molecule has 1 heterocycles. The Balaban J connectivity index is 2.23. The first kappa shape index (κ1) is 57.7. The maximum Gasteiger partial charge on any atom is 0.306 e. The lowest BCUT2D eigenvalue weighted by atomic mass is 9.99. The van der Waals surface area contributed by atoms with E-state index in [0.717, 1.165) is 44.9 Å². The highest BCUT2D eigenvalue weighted by Gasteiger charge is 2.44. The van der Waals surface area contributed by atoms with Gasteiger partial charge >= 0.3 is 11.9 Å². The van der Waals surface area contributed by atoms with Gasteiger partial charge in [-0.3, -0.25) is 9.59 Å². The minimum absolute atomic E-state index is 0.109. The minimum atomic E-state index is -1.61. The summed E-state index contributed by atoms with van der Waals surface area (Å²) in [5.74, 6) is -0.895. The van der Waals surface area contributed by atoms with E-state index in [1.165, 1.54) is 135 Å². The number of carbonyl (C=O) groups is 2. The Morgan fingerprint density at radius 1 is 0.516 bits per heavy atom. The van der Waals surface area contributed by atoms with E-state index >= 15 is 0 Å². The lowest BCUT2D eigenvalue weighted by Gasteiger charge is -2.39. The average molecular weight is 877 g/mol. The molecule has 0 aliphatic carbocycles. The number of hydrogen-bond acceptors (Lipinski definition) is 10. The Kier molecular flexibility index (Phi) is 39.6. The van der Waals surface area contributed by atoms with Crippen molar-refractivity contribution in [3.8, 4) is 0 Å². The van der Waals surface area contributed by atoms with Crippen molar-refractivity contribution in [2.75, 3.05) is 19.8 Å². The van der Waals surface area contributed by atoms with Crippen molar-refractivity contribution in [2.45, 2.75) is 250 Å². The lowest BCUT2D eigenvalue weighted by molar-refractivity contribution is -0.305. The molecule has 6 atom stereocenters. The summed E-state index contributed by atoms with van der Waals surface area (Å²) in [4.78, 5) is 25.3. The quantitative estimate of drug-likeness (QED) is 0.0265. The van der Waals surface area contributed by atoms with Gasteiger partial charge in [-0.1, -0.05) is 210 Å². The van der Waals surface area contributed by atoms with E-state index in [-0.39, 0.29) is 26.1 Å². The zero-order chi connectivity index (χ0) is 45.1. The summed E-state index contributed by atoms with van der Waals surface area (Å²) in [6.45, 7) is 3.26. The second-order valence-electron chi connectivity index (χ2n) is 17.2. The van der Waals surface area contributed by atoms with Gasteiger partial charge in [-0.05, 0) is 38.5 Å². The van der Waals surface area contributed by atoms with E-state index in [4.69, 9.17) is 18.9 Å². The summed E-state index contributed by atoms with van der Waals surface area (Å²) >= 11 is 0. The van der Waals surface area contributed by atoms with E-state index in [1.54, 1.807) is 0 Å². The number of unbranched alkanes of at least 4 members (excludes halogenated alkanes) is 23. The largest absolute Gasteiger partial charge is 0.462 e. The van der Waals surface area contributed by atoms with Crippen LogP contribution in [-0.2, 0) is 28.5 Å². The highest BCUT2D eigenvalue weighted by atomic mass is 16.7. The topological polar surface area (TPSA) is 152 Å². The van der Waals surface area contributed by atoms with Gasteiger partial charge < -0.3 is 39.4 Å². The number of allylic oxidation sites excluding steroid dienone is 8. The summed E-state index contributed by atoms with van der Waals surface area (Å²) < 4.78 is 22.1. The van der Waals surface area contributed by atoms with E-state index in [0.29, 0.717) is 6.42 Å². The van der Waals surface area contributed by atoms with Gasteiger partial charge in [0.1, 0.15) is 31.0 Å². The first-order chi connectivity index (χ1) is 30.3. The molecule has 1 rings (SSSR count). The molecule has 0 saturated carbocycles. The third-order valence-electron chi connectivity index (χ3n) is 11.5. The molecular formula is C52H92O10. The number of aliphatic hydroxyl groups excluding tert-OH is 4. The molecule has 0 aromatic heterocycles. The third-order valence-corrected chi connectivity index (χ3v) is 11.5. The van der Waals surface area contributed by atoms with Crippen molar-refractivity contribution in [1.29, 1.82) is 0 Å². The van der Waals surface area contributed by atoms with Crippen molar-refractivity contribution in [2.24, 2.45) is 0 Å². The van der Waals surface area contributed by atoms with Crippen LogP contribution in [0.15, 0.2) is 48.6 Å². The van der Waals surface area contributed by atoms with E-state index in [1.807, 2.05) is 12.2 Å². The Morgan fingerprint density at radius 2 is 0.952 bits per heavy atom. The SMILES string of the molecule is CC/C=C\C/C=C\C/C=C\C/C=C\CCC(=O)OC(COC(=O)CCCCCCCCCCCCCCCCCCCCCCCCCC)COC1OC(CO)C(O)C(O)C1O. The fourth-order valence-electron chi connectivity index (χ4n) is 7.56. The molecular weight excluding hydrogens is 785 g/mol. The van der Waals surface area contributed by atoms with Gasteiger partial charge in [-0.2, -0.15) is 0 Å². The highest BCUT2D eigenvalue weighted by Crippen LogP contribution is 2.23. The van der Waals surface area contributed by atoms with Gasteiger partial charge in [-0.15, -0.1) is 0 Å². The zero-order valence-electron chi connectivity index (χ0n) is 39.4. The summed E-state index contributed by atoms with van der Waals surface area (Å²) in [6, 6.07) is 0. The Morgan fingerprint density at radius 3 is 1.40 bits per heavy atom. The molecule has 0 aromatic carbocycles. The Hall–Kier alpha value is -2.34. The first-order valence-electron chi connectivity index (χ1n) is 25.2. The van der Waals surface area contributed by atoms with Crippen LogP contribution in [0.3, 0.4) is 0 Å². The van der Waals surface area contributed by atoms with Crippen LogP contribution in [0.1, 0.15) is 213 Å². The summed E-state index contributed by atoms with van der Waals surface area (Å²) in [5, 5.41) is 40.1. The molecule has 10 heteroatoms. The maximum absolute atomic E-state index is 12.7. The molecule has 0 amide bonds. The van der Waals surface area contributed by atoms with Gasteiger partial charge in [0.15, 0.2) is 12.4 Å². The van der Waals surface area contributed by atoms with E-state index < -0.39 is 55.4 Å². The number of hydrogen-bond donors (Lipinski definition) is 4. The van der Waals surface area contributed by atoms with Crippen molar-refractivity contribution in [1.82, 2.24) is 0 Å². The normalized spacial score (nSPS) is 20.0. The van der Waals surface area contributed by atoms with Gasteiger partial charge in [0.2, 0.25) is 0 Å².